The van der Waals surface area contributed by atoms with Crippen LogP contribution in [0.1, 0.15) is 34.4 Å². The van der Waals surface area contributed by atoms with E-state index in [0.29, 0.717) is 19.5 Å². The van der Waals surface area contributed by atoms with Gasteiger partial charge in [-0.25, -0.2) is 0 Å². The van der Waals surface area contributed by atoms with E-state index in [1.54, 1.807) is 7.11 Å². The lowest BCUT2D eigenvalue weighted by Crippen LogP contribution is -2.56. The molecule has 2 unspecified atom stereocenters. The predicted octanol–water partition coefficient (Wildman–Crippen LogP) is 3.56. The van der Waals surface area contributed by atoms with Crippen molar-refractivity contribution in [3.8, 4) is 5.75 Å². The number of amides is 1. The molecule has 0 radical (unpaired) electrons. The Bertz CT molecular complexity index is 1600. The third-order valence-corrected chi connectivity index (χ3v) is 7.92. The van der Waals surface area contributed by atoms with Crippen LogP contribution in [0.3, 0.4) is 0 Å². The number of ether oxygens (including phenoxy) is 1. The third kappa shape index (κ3) is 6.37. The summed E-state index contributed by atoms with van der Waals surface area (Å²) in [6, 6.07) is 26.0. The Morgan fingerprint density at radius 3 is 2.57 bits per heavy atom. The topological polar surface area (TPSA) is 109 Å². The number of aromatic amines is 1. The molecule has 6 rings (SSSR count). The fraction of sp³-hybridized carbons (Fsp3) is 0.303. The molecule has 0 aliphatic carbocycles. The molecule has 3 heterocycles. The van der Waals surface area contributed by atoms with Gasteiger partial charge in [0.2, 0.25) is 5.91 Å². The van der Waals surface area contributed by atoms with Crippen LogP contribution in [0, 0.1) is 0 Å². The highest BCUT2D eigenvalue weighted by atomic mass is 16.5. The summed E-state index contributed by atoms with van der Waals surface area (Å²) in [6.07, 6.45) is 4.19. The lowest BCUT2D eigenvalue weighted by Gasteiger charge is -2.27. The van der Waals surface area contributed by atoms with E-state index >= 15 is 0 Å². The number of hydrogen-bond acceptors (Lipinski definition) is 6. The van der Waals surface area contributed by atoms with Crippen LogP contribution < -0.4 is 20.7 Å². The zero-order valence-electron chi connectivity index (χ0n) is 23.8. The average Bonchev–Trinajstić information content (AvgIpc) is 3.64. The summed E-state index contributed by atoms with van der Waals surface area (Å²) in [4.78, 5) is 16.9. The number of nitrogens with one attached hydrogen (secondary N) is 4. The van der Waals surface area contributed by atoms with Crippen LogP contribution in [-0.4, -0.2) is 58.4 Å². The molecule has 1 aliphatic rings. The van der Waals surface area contributed by atoms with Gasteiger partial charge in [0.05, 0.1) is 25.7 Å². The van der Waals surface area contributed by atoms with Gasteiger partial charge in [0.1, 0.15) is 11.6 Å². The van der Waals surface area contributed by atoms with Gasteiger partial charge in [-0.15, -0.1) is 10.2 Å². The lowest BCUT2D eigenvalue weighted by molar-refractivity contribution is -0.124. The molecule has 9 nitrogen and oxygen atoms in total. The second kappa shape index (κ2) is 13.0. The van der Waals surface area contributed by atoms with Gasteiger partial charge in [0, 0.05) is 49.6 Å². The molecule has 4 N–H and O–H groups in total. The number of methoxy groups -OCH3 is 1. The Morgan fingerprint density at radius 2 is 1.79 bits per heavy atom. The lowest BCUT2D eigenvalue weighted by atomic mass is 10.0. The third-order valence-electron chi connectivity index (χ3n) is 7.92. The SMILES string of the molecule is COc1ccc(Cn2c(CCc3ccccc3)nnc2C(Cc2c[nH]c3ccccc23)NC(=O)C2CNCCN2)cc1. The monoisotopic (exact) mass is 563 g/mol. The maximum Gasteiger partial charge on any atom is 0.239 e. The highest BCUT2D eigenvalue weighted by molar-refractivity contribution is 5.84. The summed E-state index contributed by atoms with van der Waals surface area (Å²) >= 11 is 0. The molecule has 9 heteroatoms. The summed E-state index contributed by atoms with van der Waals surface area (Å²) in [5, 5.41) is 20.6. The molecule has 1 saturated heterocycles. The fourth-order valence-electron chi connectivity index (χ4n) is 5.62. The van der Waals surface area contributed by atoms with Gasteiger partial charge in [-0.2, -0.15) is 0 Å². The second-order valence-corrected chi connectivity index (χ2v) is 10.7. The molecular formula is C33H37N7O2. The van der Waals surface area contributed by atoms with Gasteiger partial charge >= 0.3 is 0 Å². The normalized spacial score (nSPS) is 15.9. The Kier molecular flexibility index (Phi) is 8.58. The van der Waals surface area contributed by atoms with Crippen molar-refractivity contribution in [2.75, 3.05) is 26.7 Å². The van der Waals surface area contributed by atoms with Crippen LogP contribution in [0.25, 0.3) is 10.9 Å². The van der Waals surface area contributed by atoms with E-state index in [9.17, 15) is 4.79 Å². The summed E-state index contributed by atoms with van der Waals surface area (Å²) in [6.45, 7) is 2.78. The van der Waals surface area contributed by atoms with Gasteiger partial charge in [-0.3, -0.25) is 4.79 Å². The molecule has 42 heavy (non-hydrogen) atoms. The highest BCUT2D eigenvalue weighted by Gasteiger charge is 2.28. The molecule has 1 fully saturated rings. The number of hydrogen-bond donors (Lipinski definition) is 4. The Balaban J connectivity index is 1.36. The standard InChI is InChI=1S/C33H37N7O2/c1-42-26-14-11-24(12-15-26)22-40-31(16-13-23-7-3-2-4-8-23)38-39-32(40)29(37-33(41)30-21-34-17-18-35-30)19-25-20-36-28-10-6-5-9-27(25)28/h2-12,14-15,20,29-30,34-36H,13,16-19,21-22H2,1H3,(H,37,41). The Hall–Kier alpha value is -4.47. The molecule has 1 aliphatic heterocycles. The predicted molar refractivity (Wildman–Crippen MR) is 164 cm³/mol. The van der Waals surface area contributed by atoms with Gasteiger partial charge < -0.3 is 30.2 Å². The molecule has 3 aromatic carbocycles. The van der Waals surface area contributed by atoms with Crippen LogP contribution in [-0.2, 0) is 30.6 Å². The number of benzene rings is 3. The molecule has 2 atom stereocenters. The zero-order valence-corrected chi connectivity index (χ0v) is 23.8. The summed E-state index contributed by atoms with van der Waals surface area (Å²) < 4.78 is 7.56. The van der Waals surface area contributed by atoms with Crippen LogP contribution in [0.2, 0.25) is 0 Å². The van der Waals surface area contributed by atoms with Crippen molar-refractivity contribution in [2.24, 2.45) is 0 Å². The number of fused-ring (bicyclic) bond motifs is 1. The Labute approximate surface area is 245 Å². The molecule has 0 bridgehead atoms. The molecule has 0 spiro atoms. The van der Waals surface area contributed by atoms with E-state index < -0.39 is 0 Å². The van der Waals surface area contributed by atoms with Crippen molar-refractivity contribution < 1.29 is 9.53 Å². The first-order valence-corrected chi connectivity index (χ1v) is 14.6. The van der Waals surface area contributed by atoms with Crippen molar-refractivity contribution in [1.29, 1.82) is 0 Å². The average molecular weight is 564 g/mol. The number of rotatable bonds is 11. The quantitative estimate of drug-likeness (QED) is 0.196. The fourth-order valence-corrected chi connectivity index (χ4v) is 5.62. The van der Waals surface area contributed by atoms with E-state index in [4.69, 9.17) is 14.9 Å². The van der Waals surface area contributed by atoms with Crippen LogP contribution in [0.5, 0.6) is 5.75 Å². The highest BCUT2D eigenvalue weighted by Crippen LogP contribution is 2.26. The number of aryl methyl sites for hydroxylation is 2. The van der Waals surface area contributed by atoms with Gasteiger partial charge in [0.25, 0.3) is 0 Å². The summed E-state index contributed by atoms with van der Waals surface area (Å²) in [7, 11) is 1.67. The first-order valence-electron chi connectivity index (χ1n) is 14.6. The van der Waals surface area contributed by atoms with E-state index in [1.807, 2.05) is 36.5 Å². The molecule has 1 amide bonds. The van der Waals surface area contributed by atoms with Gasteiger partial charge in [0.15, 0.2) is 5.82 Å². The largest absolute Gasteiger partial charge is 0.497 e. The van der Waals surface area contributed by atoms with Crippen molar-refractivity contribution >= 4 is 16.8 Å². The van der Waals surface area contributed by atoms with Crippen molar-refractivity contribution in [2.45, 2.75) is 37.9 Å². The Morgan fingerprint density at radius 1 is 0.976 bits per heavy atom. The van der Waals surface area contributed by atoms with E-state index in [0.717, 1.165) is 65.4 Å². The summed E-state index contributed by atoms with van der Waals surface area (Å²) in [5.41, 5.74) is 4.54. The molecule has 2 aromatic heterocycles. The molecular weight excluding hydrogens is 526 g/mol. The number of nitrogens with zero attached hydrogens (tertiary/aromatic N) is 3. The zero-order chi connectivity index (χ0) is 28.7. The minimum absolute atomic E-state index is 0.0446. The number of aromatic nitrogens is 4. The first kappa shape index (κ1) is 27.7. The van der Waals surface area contributed by atoms with Crippen molar-refractivity contribution in [3.05, 3.63) is 113 Å². The van der Waals surface area contributed by atoms with E-state index in [-0.39, 0.29) is 18.0 Å². The van der Waals surface area contributed by atoms with E-state index in [1.165, 1.54) is 5.56 Å². The number of piperazine rings is 1. The van der Waals surface area contributed by atoms with Crippen molar-refractivity contribution in [1.82, 2.24) is 35.7 Å². The number of para-hydroxylation sites is 1. The van der Waals surface area contributed by atoms with Gasteiger partial charge in [-0.1, -0.05) is 60.7 Å². The molecule has 0 saturated carbocycles. The van der Waals surface area contributed by atoms with Crippen LogP contribution >= 0.6 is 0 Å². The molecule has 216 valence electrons. The summed E-state index contributed by atoms with van der Waals surface area (Å²) in [5.74, 6) is 2.40. The maximum absolute atomic E-state index is 13.5. The number of carbonyl (C=O) groups is 1. The number of carbonyl (C=O) groups excluding carboxylic acids is 1. The second-order valence-electron chi connectivity index (χ2n) is 10.7. The molecule has 5 aromatic rings. The van der Waals surface area contributed by atoms with Crippen molar-refractivity contribution in [3.63, 3.8) is 0 Å². The minimum atomic E-state index is -0.378. The van der Waals surface area contributed by atoms with E-state index in [2.05, 4.69) is 74.0 Å². The maximum atomic E-state index is 13.5. The first-order chi connectivity index (χ1) is 20.7. The van der Waals surface area contributed by atoms with Crippen LogP contribution in [0.4, 0.5) is 0 Å². The minimum Gasteiger partial charge on any atom is -0.497 e. The van der Waals surface area contributed by atoms with Gasteiger partial charge in [-0.05, 0) is 41.3 Å². The number of H-pyrrole nitrogens is 1. The smallest absolute Gasteiger partial charge is 0.239 e. The van der Waals surface area contributed by atoms with Crippen LogP contribution in [0.15, 0.2) is 85.1 Å².